The van der Waals surface area contributed by atoms with Gasteiger partial charge in [-0.1, -0.05) is 29.8 Å². The summed E-state index contributed by atoms with van der Waals surface area (Å²) in [6, 6.07) is 12.4. The minimum atomic E-state index is -0.808. The van der Waals surface area contributed by atoms with E-state index in [1.807, 2.05) is 12.1 Å². The standard InChI is InChI=1S/C20H24ClNO4/c1-13(24)15-6-9-18(17(21)10-15)26-16-7-4-14(5-8-16)11-22-19(25)20(2,3)12-23/h4-10,13,23-24H,11-12H2,1-3H3,(H,22,25). The summed E-state index contributed by atoms with van der Waals surface area (Å²) in [6.45, 7) is 5.20. The first kappa shape index (κ1) is 20.2. The number of hydrogen-bond acceptors (Lipinski definition) is 4. The Morgan fingerprint density at radius 2 is 1.88 bits per heavy atom. The largest absolute Gasteiger partial charge is 0.456 e. The predicted molar refractivity (Wildman–Crippen MR) is 101 cm³/mol. The molecule has 2 aromatic carbocycles. The Labute approximate surface area is 158 Å². The molecule has 0 heterocycles. The number of hydrogen-bond donors (Lipinski definition) is 3. The molecule has 6 heteroatoms. The van der Waals surface area contributed by atoms with Crippen LogP contribution in [0.4, 0.5) is 0 Å². The molecule has 0 aliphatic rings. The Balaban J connectivity index is 1.98. The number of ether oxygens (including phenoxy) is 1. The van der Waals surface area contributed by atoms with E-state index in [2.05, 4.69) is 5.32 Å². The van der Waals surface area contributed by atoms with E-state index < -0.39 is 11.5 Å². The van der Waals surface area contributed by atoms with Gasteiger partial charge in [0.2, 0.25) is 5.91 Å². The lowest BCUT2D eigenvalue weighted by atomic mass is 9.94. The predicted octanol–water partition coefficient (Wildman–Crippen LogP) is 3.82. The minimum absolute atomic E-state index is 0.203. The second-order valence-corrected chi connectivity index (χ2v) is 7.24. The van der Waals surface area contributed by atoms with Crippen LogP contribution >= 0.6 is 11.6 Å². The molecule has 2 rings (SSSR count). The SMILES string of the molecule is CC(O)c1ccc(Oc2ccc(CNC(=O)C(C)(C)CO)cc2)c(Cl)c1. The van der Waals surface area contributed by atoms with Gasteiger partial charge in [0.1, 0.15) is 11.5 Å². The van der Waals surface area contributed by atoms with Crippen molar-refractivity contribution in [2.45, 2.75) is 33.4 Å². The van der Waals surface area contributed by atoms with Crippen LogP contribution in [-0.4, -0.2) is 22.7 Å². The summed E-state index contributed by atoms with van der Waals surface area (Å²) in [6.07, 6.45) is -0.591. The van der Waals surface area contributed by atoms with E-state index in [1.54, 1.807) is 51.1 Å². The van der Waals surface area contributed by atoms with E-state index in [-0.39, 0.29) is 12.5 Å². The summed E-state index contributed by atoms with van der Waals surface area (Å²) in [4.78, 5) is 12.0. The van der Waals surface area contributed by atoms with Crippen LogP contribution in [0.1, 0.15) is 38.0 Å². The molecular formula is C20H24ClNO4. The maximum Gasteiger partial charge on any atom is 0.228 e. The van der Waals surface area contributed by atoms with E-state index in [0.717, 1.165) is 11.1 Å². The average molecular weight is 378 g/mol. The van der Waals surface area contributed by atoms with Crippen molar-refractivity contribution in [3.05, 3.63) is 58.6 Å². The molecule has 26 heavy (non-hydrogen) atoms. The molecule has 0 saturated heterocycles. The van der Waals surface area contributed by atoms with Crippen molar-refractivity contribution in [3.8, 4) is 11.5 Å². The highest BCUT2D eigenvalue weighted by molar-refractivity contribution is 6.32. The van der Waals surface area contributed by atoms with Crippen LogP contribution in [0, 0.1) is 5.41 Å². The molecule has 0 aromatic heterocycles. The number of aliphatic hydroxyl groups is 2. The van der Waals surface area contributed by atoms with Gasteiger partial charge in [0.25, 0.3) is 0 Å². The summed E-state index contributed by atoms with van der Waals surface area (Å²) >= 11 is 6.19. The number of carbonyl (C=O) groups excluding carboxylic acids is 1. The number of carbonyl (C=O) groups is 1. The molecule has 2 aromatic rings. The highest BCUT2D eigenvalue weighted by Crippen LogP contribution is 2.31. The number of halogens is 1. The zero-order chi connectivity index (χ0) is 19.3. The Morgan fingerprint density at radius 3 is 2.42 bits per heavy atom. The number of nitrogens with one attached hydrogen (secondary N) is 1. The Hall–Kier alpha value is -2.08. The molecule has 0 saturated carbocycles. The molecule has 1 amide bonds. The van der Waals surface area contributed by atoms with E-state index in [9.17, 15) is 15.0 Å². The Morgan fingerprint density at radius 1 is 1.23 bits per heavy atom. The average Bonchev–Trinajstić information content (AvgIpc) is 2.62. The molecule has 0 fully saturated rings. The van der Waals surface area contributed by atoms with Crippen LogP contribution in [0.3, 0.4) is 0 Å². The van der Waals surface area contributed by atoms with Crippen molar-refractivity contribution in [3.63, 3.8) is 0 Å². The molecule has 140 valence electrons. The molecule has 5 nitrogen and oxygen atoms in total. The maximum absolute atomic E-state index is 12.0. The van der Waals surface area contributed by atoms with Gasteiger partial charge in [-0.2, -0.15) is 0 Å². The second kappa shape index (κ2) is 8.54. The molecule has 0 aliphatic carbocycles. The lowest BCUT2D eigenvalue weighted by molar-refractivity contribution is -0.131. The first-order valence-corrected chi connectivity index (χ1v) is 8.74. The van der Waals surface area contributed by atoms with Gasteiger partial charge in [-0.05, 0) is 56.2 Å². The molecule has 1 atom stereocenters. The number of amides is 1. The number of benzene rings is 2. The molecule has 1 unspecified atom stereocenters. The first-order valence-electron chi connectivity index (χ1n) is 8.36. The fourth-order valence-electron chi connectivity index (χ4n) is 2.16. The molecule has 0 radical (unpaired) electrons. The van der Waals surface area contributed by atoms with Crippen molar-refractivity contribution in [2.24, 2.45) is 5.41 Å². The van der Waals surface area contributed by atoms with Crippen molar-refractivity contribution < 1.29 is 19.7 Å². The fourth-order valence-corrected chi connectivity index (χ4v) is 2.38. The highest BCUT2D eigenvalue weighted by Gasteiger charge is 2.26. The van der Waals surface area contributed by atoms with Gasteiger partial charge in [-0.25, -0.2) is 0 Å². The van der Waals surface area contributed by atoms with Gasteiger partial charge in [0.15, 0.2) is 0 Å². The normalized spacial score (nSPS) is 12.5. The summed E-state index contributed by atoms with van der Waals surface area (Å²) in [7, 11) is 0. The van der Waals surface area contributed by atoms with Crippen LogP contribution in [0.5, 0.6) is 11.5 Å². The summed E-state index contributed by atoms with van der Waals surface area (Å²) < 4.78 is 5.76. The quantitative estimate of drug-likeness (QED) is 0.685. The molecule has 0 spiro atoms. The zero-order valence-electron chi connectivity index (χ0n) is 15.1. The first-order chi connectivity index (χ1) is 12.2. The summed E-state index contributed by atoms with van der Waals surface area (Å²) in [5, 5.41) is 22.0. The van der Waals surface area contributed by atoms with Crippen molar-refractivity contribution in [1.82, 2.24) is 5.32 Å². The molecule has 0 bridgehead atoms. The van der Waals surface area contributed by atoms with Gasteiger partial charge in [-0.3, -0.25) is 4.79 Å². The smallest absolute Gasteiger partial charge is 0.228 e. The zero-order valence-corrected chi connectivity index (χ0v) is 15.9. The number of aliphatic hydroxyl groups excluding tert-OH is 2. The van der Waals surface area contributed by atoms with Crippen LogP contribution < -0.4 is 10.1 Å². The van der Waals surface area contributed by atoms with E-state index in [0.29, 0.717) is 23.1 Å². The van der Waals surface area contributed by atoms with Gasteiger partial charge < -0.3 is 20.3 Å². The lowest BCUT2D eigenvalue weighted by Gasteiger charge is -2.20. The third-order valence-electron chi connectivity index (χ3n) is 4.05. The van der Waals surface area contributed by atoms with Gasteiger partial charge in [-0.15, -0.1) is 0 Å². The van der Waals surface area contributed by atoms with E-state index in [4.69, 9.17) is 16.3 Å². The Bertz CT molecular complexity index is 757. The summed E-state index contributed by atoms with van der Waals surface area (Å²) in [5.41, 5.74) is 0.826. The lowest BCUT2D eigenvalue weighted by Crippen LogP contribution is -2.38. The summed E-state index contributed by atoms with van der Waals surface area (Å²) in [5.74, 6) is 0.912. The maximum atomic E-state index is 12.0. The minimum Gasteiger partial charge on any atom is -0.456 e. The van der Waals surface area contributed by atoms with Crippen LogP contribution in [0.2, 0.25) is 5.02 Å². The van der Waals surface area contributed by atoms with E-state index in [1.165, 1.54) is 0 Å². The van der Waals surface area contributed by atoms with Gasteiger partial charge in [0.05, 0.1) is 23.1 Å². The third-order valence-corrected chi connectivity index (χ3v) is 4.35. The van der Waals surface area contributed by atoms with Crippen LogP contribution in [-0.2, 0) is 11.3 Å². The molecule has 0 aliphatic heterocycles. The van der Waals surface area contributed by atoms with Gasteiger partial charge >= 0.3 is 0 Å². The number of rotatable bonds is 7. The molecular weight excluding hydrogens is 354 g/mol. The van der Waals surface area contributed by atoms with Crippen molar-refractivity contribution in [2.75, 3.05) is 6.61 Å². The van der Waals surface area contributed by atoms with Crippen LogP contribution in [0.25, 0.3) is 0 Å². The second-order valence-electron chi connectivity index (χ2n) is 6.84. The van der Waals surface area contributed by atoms with Crippen LogP contribution in [0.15, 0.2) is 42.5 Å². The fraction of sp³-hybridized carbons (Fsp3) is 0.350. The van der Waals surface area contributed by atoms with Crippen molar-refractivity contribution in [1.29, 1.82) is 0 Å². The topological polar surface area (TPSA) is 78.8 Å². The van der Waals surface area contributed by atoms with Crippen molar-refractivity contribution >= 4 is 17.5 Å². The molecule has 3 N–H and O–H groups in total. The highest BCUT2D eigenvalue weighted by atomic mass is 35.5. The monoisotopic (exact) mass is 377 g/mol. The van der Waals surface area contributed by atoms with Gasteiger partial charge in [0, 0.05) is 6.54 Å². The Kier molecular flexibility index (Phi) is 6.64. The van der Waals surface area contributed by atoms with E-state index >= 15 is 0 Å². The third kappa shape index (κ3) is 5.21.